The highest BCUT2D eigenvalue weighted by molar-refractivity contribution is 4.81. The van der Waals surface area contributed by atoms with Crippen LogP contribution in [-0.2, 0) is 4.74 Å². The largest absolute Gasteiger partial charge is 0.376 e. The Hall–Kier alpha value is -0.0800. The molecule has 2 nitrogen and oxygen atoms in total. The van der Waals surface area contributed by atoms with Crippen molar-refractivity contribution in [2.75, 3.05) is 26.2 Å². The molecule has 0 spiro atoms. The number of likely N-dealkylation sites (tertiary alicyclic amines) is 1. The quantitative estimate of drug-likeness (QED) is 0.730. The Morgan fingerprint density at radius 1 is 0.941 bits per heavy atom. The molecule has 1 rings (SSSR count). The van der Waals surface area contributed by atoms with E-state index in [0.29, 0.717) is 16.9 Å². The predicted molar refractivity (Wildman–Crippen MR) is 74.3 cm³/mol. The highest BCUT2D eigenvalue weighted by Crippen LogP contribution is 2.23. The Bertz CT molecular complexity index is 218. The second-order valence-electron chi connectivity index (χ2n) is 7.87. The smallest absolute Gasteiger partial charge is 0.0828 e. The van der Waals surface area contributed by atoms with Gasteiger partial charge in [0, 0.05) is 19.7 Å². The molecular formula is C15H31NO. The van der Waals surface area contributed by atoms with Gasteiger partial charge in [0.2, 0.25) is 0 Å². The Balaban J connectivity index is 2.00. The normalized spacial score (nSPS) is 19.4. The molecule has 1 fully saturated rings. The minimum absolute atomic E-state index is 0.398. The van der Waals surface area contributed by atoms with E-state index in [1.807, 2.05) is 0 Å². The third-order valence-corrected chi connectivity index (χ3v) is 3.31. The molecule has 0 amide bonds. The summed E-state index contributed by atoms with van der Waals surface area (Å²) in [5, 5.41) is 0. The van der Waals surface area contributed by atoms with Crippen molar-refractivity contribution in [3.8, 4) is 0 Å². The van der Waals surface area contributed by atoms with Gasteiger partial charge in [-0.1, -0.05) is 41.5 Å². The van der Waals surface area contributed by atoms with Crippen LogP contribution in [0.3, 0.4) is 0 Å². The van der Waals surface area contributed by atoms with Crippen molar-refractivity contribution in [2.24, 2.45) is 10.8 Å². The molecule has 0 aromatic carbocycles. The van der Waals surface area contributed by atoms with E-state index in [0.717, 1.165) is 26.1 Å². The highest BCUT2D eigenvalue weighted by Gasteiger charge is 2.28. The molecule has 0 aromatic rings. The summed E-state index contributed by atoms with van der Waals surface area (Å²) in [6, 6.07) is 0. The Kier molecular flexibility index (Phi) is 5.03. The first kappa shape index (κ1) is 15.0. The second-order valence-corrected chi connectivity index (χ2v) is 7.87. The van der Waals surface area contributed by atoms with Crippen LogP contribution in [-0.4, -0.2) is 37.2 Å². The monoisotopic (exact) mass is 241 g/mol. The zero-order valence-corrected chi connectivity index (χ0v) is 12.7. The van der Waals surface area contributed by atoms with Gasteiger partial charge in [-0.2, -0.15) is 0 Å². The lowest BCUT2D eigenvalue weighted by atomic mass is 9.91. The maximum atomic E-state index is 5.87. The number of rotatable bonds is 5. The number of hydrogen-bond donors (Lipinski definition) is 0. The fourth-order valence-corrected chi connectivity index (χ4v) is 1.84. The van der Waals surface area contributed by atoms with Gasteiger partial charge in [0.15, 0.2) is 0 Å². The molecule has 1 saturated heterocycles. The van der Waals surface area contributed by atoms with Crippen molar-refractivity contribution in [1.82, 2.24) is 4.90 Å². The Morgan fingerprint density at radius 3 is 1.94 bits per heavy atom. The van der Waals surface area contributed by atoms with Crippen LogP contribution >= 0.6 is 0 Å². The van der Waals surface area contributed by atoms with E-state index in [1.54, 1.807) is 0 Å². The molecule has 1 aliphatic rings. The molecule has 0 aromatic heterocycles. The first-order chi connectivity index (χ1) is 7.66. The second kappa shape index (κ2) is 5.71. The predicted octanol–water partition coefficient (Wildman–Crippen LogP) is 3.56. The molecule has 102 valence electrons. The maximum Gasteiger partial charge on any atom is 0.0828 e. The average Bonchev–Trinajstić information content (AvgIpc) is 2.03. The van der Waals surface area contributed by atoms with E-state index in [-0.39, 0.29) is 0 Å². The van der Waals surface area contributed by atoms with E-state index in [1.165, 1.54) is 13.0 Å². The molecule has 2 heteroatoms. The Labute approximate surface area is 108 Å². The Morgan fingerprint density at radius 2 is 1.47 bits per heavy atom. The summed E-state index contributed by atoms with van der Waals surface area (Å²) in [5.74, 6) is 0. The summed E-state index contributed by atoms with van der Waals surface area (Å²) >= 11 is 0. The van der Waals surface area contributed by atoms with Crippen LogP contribution in [0.2, 0.25) is 0 Å². The lowest BCUT2D eigenvalue weighted by molar-refractivity contribution is -0.0626. The van der Waals surface area contributed by atoms with Gasteiger partial charge in [0.25, 0.3) is 0 Å². The third-order valence-electron chi connectivity index (χ3n) is 3.31. The van der Waals surface area contributed by atoms with Crippen LogP contribution in [0.4, 0.5) is 0 Å². The molecule has 0 bridgehead atoms. The minimum Gasteiger partial charge on any atom is -0.376 e. The molecular weight excluding hydrogens is 210 g/mol. The number of hydrogen-bond acceptors (Lipinski definition) is 2. The van der Waals surface area contributed by atoms with Crippen molar-refractivity contribution in [1.29, 1.82) is 0 Å². The zero-order chi connectivity index (χ0) is 13.1. The van der Waals surface area contributed by atoms with E-state index in [2.05, 4.69) is 46.4 Å². The summed E-state index contributed by atoms with van der Waals surface area (Å²) < 4.78 is 5.87. The zero-order valence-electron chi connectivity index (χ0n) is 12.7. The van der Waals surface area contributed by atoms with E-state index in [4.69, 9.17) is 4.74 Å². The van der Waals surface area contributed by atoms with Gasteiger partial charge in [0.1, 0.15) is 0 Å². The maximum absolute atomic E-state index is 5.87. The number of nitrogens with zero attached hydrogens (tertiary/aromatic N) is 1. The lowest BCUT2D eigenvalue weighted by Gasteiger charge is -2.40. The molecule has 1 heterocycles. The summed E-state index contributed by atoms with van der Waals surface area (Å²) in [6.07, 6.45) is 2.94. The summed E-state index contributed by atoms with van der Waals surface area (Å²) in [7, 11) is 0. The van der Waals surface area contributed by atoms with Crippen molar-refractivity contribution in [3.63, 3.8) is 0 Å². The fourth-order valence-electron chi connectivity index (χ4n) is 1.84. The highest BCUT2D eigenvalue weighted by atomic mass is 16.5. The molecule has 0 aliphatic carbocycles. The van der Waals surface area contributed by atoms with Crippen molar-refractivity contribution in [3.05, 3.63) is 0 Å². The van der Waals surface area contributed by atoms with Gasteiger partial charge in [0.05, 0.1) is 6.10 Å². The van der Waals surface area contributed by atoms with Gasteiger partial charge < -0.3 is 4.74 Å². The van der Waals surface area contributed by atoms with Crippen LogP contribution in [0, 0.1) is 10.8 Å². The van der Waals surface area contributed by atoms with Crippen LogP contribution in [0.1, 0.15) is 54.4 Å². The molecule has 1 aliphatic heterocycles. The SMILES string of the molecule is CC(C)(C)CCOC1CN(CCC(C)(C)C)C1. The molecule has 0 atom stereocenters. The standard InChI is InChI=1S/C15H31NO/c1-14(2,3)7-9-16-11-13(12-16)17-10-8-15(4,5)6/h13H,7-12H2,1-6H3. The van der Waals surface area contributed by atoms with Crippen LogP contribution in [0.5, 0.6) is 0 Å². The van der Waals surface area contributed by atoms with Crippen molar-refractivity contribution < 1.29 is 4.74 Å². The lowest BCUT2D eigenvalue weighted by Crippen LogP contribution is -2.52. The molecule has 0 saturated carbocycles. The molecule has 0 radical (unpaired) electrons. The van der Waals surface area contributed by atoms with Crippen molar-refractivity contribution >= 4 is 0 Å². The van der Waals surface area contributed by atoms with Gasteiger partial charge in [-0.3, -0.25) is 4.90 Å². The molecule has 0 N–H and O–H groups in total. The van der Waals surface area contributed by atoms with E-state index >= 15 is 0 Å². The van der Waals surface area contributed by atoms with Gasteiger partial charge in [-0.25, -0.2) is 0 Å². The first-order valence-electron chi connectivity index (χ1n) is 7.00. The molecule has 0 unspecified atom stereocenters. The third kappa shape index (κ3) is 7.05. The first-order valence-corrected chi connectivity index (χ1v) is 7.00. The van der Waals surface area contributed by atoms with E-state index < -0.39 is 0 Å². The number of ether oxygens (including phenoxy) is 1. The molecule has 17 heavy (non-hydrogen) atoms. The van der Waals surface area contributed by atoms with Gasteiger partial charge in [-0.05, 0) is 30.2 Å². The summed E-state index contributed by atoms with van der Waals surface area (Å²) in [4.78, 5) is 2.51. The van der Waals surface area contributed by atoms with Gasteiger partial charge >= 0.3 is 0 Å². The van der Waals surface area contributed by atoms with Crippen LogP contribution < -0.4 is 0 Å². The van der Waals surface area contributed by atoms with Crippen molar-refractivity contribution in [2.45, 2.75) is 60.5 Å². The van der Waals surface area contributed by atoms with Gasteiger partial charge in [-0.15, -0.1) is 0 Å². The summed E-state index contributed by atoms with van der Waals surface area (Å²) in [5.41, 5.74) is 0.855. The average molecular weight is 241 g/mol. The topological polar surface area (TPSA) is 12.5 Å². The van der Waals surface area contributed by atoms with Crippen LogP contribution in [0.25, 0.3) is 0 Å². The summed E-state index contributed by atoms with van der Waals surface area (Å²) in [6.45, 7) is 18.2. The van der Waals surface area contributed by atoms with Crippen LogP contribution in [0.15, 0.2) is 0 Å². The fraction of sp³-hybridized carbons (Fsp3) is 1.00. The van der Waals surface area contributed by atoms with E-state index in [9.17, 15) is 0 Å². The minimum atomic E-state index is 0.398.